The quantitative estimate of drug-likeness (QED) is 0.844. The fourth-order valence-corrected chi connectivity index (χ4v) is 2.73. The van der Waals surface area contributed by atoms with Crippen LogP contribution in [0.5, 0.6) is 0 Å². The van der Waals surface area contributed by atoms with Crippen molar-refractivity contribution >= 4 is 28.1 Å². The molecular weight excluding hydrogens is 228 g/mol. The molecule has 2 N–H and O–H groups in total. The van der Waals surface area contributed by atoms with Gasteiger partial charge in [-0.05, 0) is 17.5 Å². The van der Waals surface area contributed by atoms with Gasteiger partial charge in [0.05, 0.1) is 4.99 Å². The van der Waals surface area contributed by atoms with Crippen LogP contribution < -0.4 is 5.73 Å². The second kappa shape index (κ2) is 4.49. The van der Waals surface area contributed by atoms with Crippen molar-refractivity contribution in [2.45, 2.75) is 26.2 Å². The topological polar surface area (TPSA) is 30.9 Å². The molecule has 3 heteroatoms. The summed E-state index contributed by atoms with van der Waals surface area (Å²) >= 11 is 5.06. The number of aromatic nitrogens is 1. The van der Waals surface area contributed by atoms with Crippen molar-refractivity contribution in [2.24, 2.45) is 12.8 Å². The third kappa shape index (κ3) is 2.07. The Morgan fingerprint density at radius 1 is 1.35 bits per heavy atom. The molecule has 2 nitrogen and oxygen atoms in total. The molecular formula is C14H18N2S. The van der Waals surface area contributed by atoms with Gasteiger partial charge in [0, 0.05) is 30.1 Å². The van der Waals surface area contributed by atoms with E-state index in [1.54, 1.807) is 0 Å². The molecule has 17 heavy (non-hydrogen) atoms. The number of para-hydroxylation sites is 1. The van der Waals surface area contributed by atoms with Gasteiger partial charge in [-0.2, -0.15) is 0 Å². The molecule has 0 aliphatic rings. The van der Waals surface area contributed by atoms with Crippen LogP contribution in [0.15, 0.2) is 24.3 Å². The van der Waals surface area contributed by atoms with E-state index in [1.807, 2.05) is 0 Å². The average molecular weight is 246 g/mol. The van der Waals surface area contributed by atoms with Gasteiger partial charge in [0.25, 0.3) is 0 Å². The molecule has 1 aromatic carbocycles. The summed E-state index contributed by atoms with van der Waals surface area (Å²) in [4.78, 5) is 0.559. The summed E-state index contributed by atoms with van der Waals surface area (Å²) in [5, 5.41) is 1.27. The maximum atomic E-state index is 5.72. The first-order valence-electron chi connectivity index (χ1n) is 5.87. The molecule has 0 aliphatic heterocycles. The van der Waals surface area contributed by atoms with Gasteiger partial charge in [-0.3, -0.25) is 0 Å². The van der Waals surface area contributed by atoms with E-state index in [9.17, 15) is 0 Å². The van der Waals surface area contributed by atoms with Crippen LogP contribution in [0.3, 0.4) is 0 Å². The normalized spacial score (nSPS) is 11.3. The molecule has 0 aliphatic carbocycles. The van der Waals surface area contributed by atoms with E-state index in [1.165, 1.54) is 22.2 Å². The molecule has 2 rings (SSSR count). The maximum absolute atomic E-state index is 5.72. The van der Waals surface area contributed by atoms with E-state index in [0.717, 1.165) is 0 Å². The lowest BCUT2D eigenvalue weighted by molar-refractivity contribution is 0.745. The number of fused-ring (bicyclic) bond motifs is 1. The summed E-state index contributed by atoms with van der Waals surface area (Å²) < 4.78 is 2.26. The number of nitrogens with zero attached hydrogens (tertiary/aromatic N) is 1. The van der Waals surface area contributed by atoms with Crippen molar-refractivity contribution in [3.05, 3.63) is 35.5 Å². The molecule has 1 heterocycles. The van der Waals surface area contributed by atoms with Crippen LogP contribution >= 0.6 is 12.2 Å². The molecule has 0 atom stereocenters. The summed E-state index contributed by atoms with van der Waals surface area (Å²) in [6.45, 7) is 4.41. The van der Waals surface area contributed by atoms with Gasteiger partial charge >= 0.3 is 0 Å². The minimum absolute atomic E-state index is 0.469. The van der Waals surface area contributed by atoms with E-state index < -0.39 is 0 Å². The molecule has 0 saturated heterocycles. The van der Waals surface area contributed by atoms with Crippen molar-refractivity contribution in [3.8, 4) is 0 Å². The molecule has 90 valence electrons. The molecule has 0 fully saturated rings. The Bertz CT molecular complexity index is 567. The number of hydrogen-bond acceptors (Lipinski definition) is 1. The third-order valence-corrected chi connectivity index (χ3v) is 3.30. The highest BCUT2D eigenvalue weighted by Gasteiger charge is 2.17. The number of hydrogen-bond donors (Lipinski definition) is 1. The summed E-state index contributed by atoms with van der Waals surface area (Å²) in [6, 6.07) is 8.42. The summed E-state index contributed by atoms with van der Waals surface area (Å²) in [7, 11) is 2.11. The minimum atomic E-state index is 0.469. The van der Waals surface area contributed by atoms with E-state index in [2.05, 4.69) is 49.7 Å². The van der Waals surface area contributed by atoms with E-state index >= 15 is 0 Å². The number of nitrogens with two attached hydrogens (primary N) is 1. The molecule has 0 spiro atoms. The lowest BCUT2D eigenvalue weighted by Gasteiger charge is -2.11. The standard InChI is InChI=1S/C14H18N2S/c1-9(2)14-11(8-13(15)17)10-6-4-5-7-12(10)16(14)3/h4-7,9H,8H2,1-3H3,(H2,15,17). The van der Waals surface area contributed by atoms with Crippen LogP contribution in [-0.2, 0) is 13.5 Å². The fraction of sp³-hybridized carbons (Fsp3) is 0.357. The fourth-order valence-electron chi connectivity index (χ4n) is 2.59. The second-order valence-corrected chi connectivity index (χ2v) is 5.26. The van der Waals surface area contributed by atoms with Gasteiger partial charge in [0.2, 0.25) is 0 Å². The Hall–Kier alpha value is -1.35. The highest BCUT2D eigenvalue weighted by molar-refractivity contribution is 7.80. The summed E-state index contributed by atoms with van der Waals surface area (Å²) in [5.41, 5.74) is 9.58. The van der Waals surface area contributed by atoms with Crippen molar-refractivity contribution in [1.82, 2.24) is 4.57 Å². The van der Waals surface area contributed by atoms with Gasteiger partial charge < -0.3 is 10.3 Å². The smallest absolute Gasteiger partial charge is 0.0772 e. The lowest BCUT2D eigenvalue weighted by Crippen LogP contribution is -2.13. The first-order chi connectivity index (χ1) is 8.02. The highest BCUT2D eigenvalue weighted by atomic mass is 32.1. The number of aryl methyl sites for hydroxylation is 1. The van der Waals surface area contributed by atoms with E-state index in [-0.39, 0.29) is 0 Å². The van der Waals surface area contributed by atoms with Gasteiger partial charge in [-0.25, -0.2) is 0 Å². The largest absolute Gasteiger partial charge is 0.393 e. The average Bonchev–Trinajstić information content (AvgIpc) is 2.52. The molecule has 0 saturated carbocycles. The third-order valence-electron chi connectivity index (χ3n) is 3.16. The van der Waals surface area contributed by atoms with Crippen LogP contribution in [-0.4, -0.2) is 9.56 Å². The Morgan fingerprint density at radius 2 is 2.00 bits per heavy atom. The molecule has 1 aromatic heterocycles. The molecule has 0 unspecified atom stereocenters. The van der Waals surface area contributed by atoms with Gasteiger partial charge in [0.1, 0.15) is 0 Å². The monoisotopic (exact) mass is 246 g/mol. The molecule has 0 bridgehead atoms. The zero-order chi connectivity index (χ0) is 12.6. The Morgan fingerprint density at radius 3 is 2.59 bits per heavy atom. The second-order valence-electron chi connectivity index (χ2n) is 4.74. The van der Waals surface area contributed by atoms with E-state index in [0.29, 0.717) is 17.3 Å². The van der Waals surface area contributed by atoms with Crippen molar-refractivity contribution < 1.29 is 0 Å². The van der Waals surface area contributed by atoms with Crippen LogP contribution in [0.25, 0.3) is 10.9 Å². The van der Waals surface area contributed by atoms with Crippen LogP contribution in [0.2, 0.25) is 0 Å². The van der Waals surface area contributed by atoms with Gasteiger partial charge in [-0.15, -0.1) is 0 Å². The first kappa shape index (κ1) is 12.1. The van der Waals surface area contributed by atoms with Crippen LogP contribution in [0.1, 0.15) is 31.0 Å². The number of thiocarbonyl (C=S) groups is 1. The summed E-state index contributed by atoms with van der Waals surface area (Å²) in [5.74, 6) is 0.469. The van der Waals surface area contributed by atoms with Gasteiger partial charge in [-0.1, -0.05) is 44.3 Å². The predicted molar refractivity (Wildman–Crippen MR) is 77.5 cm³/mol. The zero-order valence-corrected chi connectivity index (χ0v) is 11.3. The lowest BCUT2D eigenvalue weighted by atomic mass is 10.0. The zero-order valence-electron chi connectivity index (χ0n) is 10.5. The highest BCUT2D eigenvalue weighted by Crippen LogP contribution is 2.30. The minimum Gasteiger partial charge on any atom is -0.393 e. The molecule has 0 amide bonds. The Balaban J connectivity index is 2.76. The van der Waals surface area contributed by atoms with Crippen LogP contribution in [0, 0.1) is 0 Å². The maximum Gasteiger partial charge on any atom is 0.0772 e. The van der Waals surface area contributed by atoms with Crippen LogP contribution in [0.4, 0.5) is 0 Å². The first-order valence-corrected chi connectivity index (χ1v) is 6.27. The Labute approximate surface area is 107 Å². The Kier molecular flexibility index (Phi) is 3.20. The number of benzene rings is 1. The van der Waals surface area contributed by atoms with Crippen molar-refractivity contribution in [2.75, 3.05) is 0 Å². The van der Waals surface area contributed by atoms with E-state index in [4.69, 9.17) is 18.0 Å². The van der Waals surface area contributed by atoms with Crippen molar-refractivity contribution in [1.29, 1.82) is 0 Å². The van der Waals surface area contributed by atoms with Gasteiger partial charge in [0.15, 0.2) is 0 Å². The predicted octanol–water partition coefficient (Wildman–Crippen LogP) is 3.13. The SMILES string of the molecule is CC(C)c1c(CC(N)=S)c2ccccc2n1C. The summed E-state index contributed by atoms with van der Waals surface area (Å²) in [6.07, 6.45) is 0.685. The number of rotatable bonds is 3. The van der Waals surface area contributed by atoms with Crippen molar-refractivity contribution in [3.63, 3.8) is 0 Å². The molecule has 0 radical (unpaired) electrons. The molecule has 2 aromatic rings.